The molecule has 0 aliphatic rings. The molecule has 3 unspecified atom stereocenters. The van der Waals surface area contributed by atoms with E-state index in [0.717, 1.165) is 57.8 Å². The van der Waals surface area contributed by atoms with Crippen LogP contribution < -0.4 is 5.32 Å². The van der Waals surface area contributed by atoms with Gasteiger partial charge in [-0.3, -0.25) is 9.59 Å². The SMILES string of the molecule is CCCCCCCCC/C=C/CCCCCC(CC(=O)NC(CO)C(O)CCCCCCCCCCCCCC)OC(=O)CCCCCCCCCCCCCC. The Morgan fingerprint density at radius 2 is 0.842 bits per heavy atom. The second kappa shape index (κ2) is 45.7. The van der Waals surface area contributed by atoms with Crippen molar-refractivity contribution in [3.05, 3.63) is 12.2 Å². The minimum absolute atomic E-state index is 0.0738. The quantitative estimate of drug-likeness (QED) is 0.0323. The van der Waals surface area contributed by atoms with Crippen LogP contribution in [0.15, 0.2) is 12.2 Å². The summed E-state index contributed by atoms with van der Waals surface area (Å²) in [5, 5.41) is 23.7. The van der Waals surface area contributed by atoms with Crippen molar-refractivity contribution in [3.63, 3.8) is 0 Å². The van der Waals surface area contributed by atoms with Crippen LogP contribution in [-0.2, 0) is 14.3 Å². The van der Waals surface area contributed by atoms with Crippen LogP contribution in [0.4, 0.5) is 0 Å². The van der Waals surface area contributed by atoms with E-state index in [1.165, 1.54) is 173 Å². The Kier molecular flexibility index (Phi) is 44.6. The van der Waals surface area contributed by atoms with Crippen LogP contribution in [0.3, 0.4) is 0 Å². The molecule has 1 amide bonds. The van der Waals surface area contributed by atoms with E-state index in [-0.39, 0.29) is 24.9 Å². The number of nitrogens with one attached hydrogen (secondary N) is 1. The van der Waals surface area contributed by atoms with Crippen LogP contribution >= 0.6 is 0 Å². The Labute approximate surface area is 355 Å². The van der Waals surface area contributed by atoms with E-state index in [0.29, 0.717) is 19.3 Å². The zero-order valence-corrected chi connectivity index (χ0v) is 38.5. The summed E-state index contributed by atoms with van der Waals surface area (Å²) in [5.74, 6) is -0.474. The molecule has 0 aromatic carbocycles. The maximum atomic E-state index is 13.2. The first-order chi connectivity index (χ1) is 28.0. The molecule has 6 heteroatoms. The lowest BCUT2D eigenvalue weighted by Gasteiger charge is -2.24. The molecule has 0 rings (SSSR count). The van der Waals surface area contributed by atoms with Gasteiger partial charge >= 0.3 is 5.97 Å². The molecule has 0 aliphatic carbocycles. The first-order valence-electron chi connectivity index (χ1n) is 25.4. The number of allylic oxidation sites excluding steroid dienone is 2. The molecule has 0 bridgehead atoms. The van der Waals surface area contributed by atoms with Gasteiger partial charge in [-0.05, 0) is 51.4 Å². The minimum Gasteiger partial charge on any atom is -0.462 e. The van der Waals surface area contributed by atoms with Crippen molar-refractivity contribution in [1.29, 1.82) is 0 Å². The van der Waals surface area contributed by atoms with E-state index in [4.69, 9.17) is 4.74 Å². The van der Waals surface area contributed by atoms with Crippen LogP contribution in [-0.4, -0.2) is 46.9 Å². The number of ether oxygens (including phenoxy) is 1. The van der Waals surface area contributed by atoms with Gasteiger partial charge in [-0.2, -0.15) is 0 Å². The standard InChI is InChI=1S/C51H99NO5/c1-4-7-10-13-16-19-22-25-26-27-30-33-36-39-42-47(57-51(56)44-41-38-35-32-29-24-21-18-15-12-9-6-3)45-50(55)52-48(46-53)49(54)43-40-37-34-31-28-23-20-17-14-11-8-5-2/h26-27,47-49,53-54H,4-25,28-46H2,1-3H3,(H,52,55)/b27-26+. The number of aliphatic hydroxyl groups is 2. The summed E-state index contributed by atoms with van der Waals surface area (Å²) in [4.78, 5) is 26.1. The Hall–Kier alpha value is -1.40. The second-order valence-electron chi connectivity index (χ2n) is 17.6. The van der Waals surface area contributed by atoms with Crippen molar-refractivity contribution in [2.75, 3.05) is 6.61 Å². The molecule has 0 radical (unpaired) electrons. The molecule has 0 heterocycles. The lowest BCUT2D eigenvalue weighted by molar-refractivity contribution is -0.151. The van der Waals surface area contributed by atoms with Gasteiger partial charge in [0.15, 0.2) is 0 Å². The second-order valence-corrected chi connectivity index (χ2v) is 17.6. The van der Waals surface area contributed by atoms with E-state index in [9.17, 15) is 19.8 Å². The summed E-state index contributed by atoms with van der Waals surface area (Å²) in [6.07, 6.45) is 49.8. The van der Waals surface area contributed by atoms with Crippen LogP contribution in [0, 0.1) is 0 Å². The molecular weight excluding hydrogens is 707 g/mol. The van der Waals surface area contributed by atoms with Crippen LogP contribution in [0.5, 0.6) is 0 Å². The average Bonchev–Trinajstić information content (AvgIpc) is 3.20. The topological polar surface area (TPSA) is 95.9 Å². The number of aliphatic hydroxyl groups excluding tert-OH is 2. The predicted octanol–water partition coefficient (Wildman–Crippen LogP) is 15.0. The zero-order valence-electron chi connectivity index (χ0n) is 38.5. The van der Waals surface area contributed by atoms with Crippen molar-refractivity contribution < 1.29 is 24.5 Å². The van der Waals surface area contributed by atoms with Gasteiger partial charge in [0, 0.05) is 6.42 Å². The van der Waals surface area contributed by atoms with E-state index in [1.807, 2.05) is 0 Å². The molecule has 6 nitrogen and oxygen atoms in total. The summed E-state index contributed by atoms with van der Waals surface area (Å²) in [6.45, 7) is 6.48. The van der Waals surface area contributed by atoms with E-state index < -0.39 is 18.2 Å². The largest absolute Gasteiger partial charge is 0.462 e. The van der Waals surface area contributed by atoms with E-state index in [1.54, 1.807) is 0 Å². The lowest BCUT2D eigenvalue weighted by atomic mass is 10.0. The Balaban J connectivity index is 4.57. The van der Waals surface area contributed by atoms with Crippen LogP contribution in [0.25, 0.3) is 0 Å². The Morgan fingerprint density at radius 3 is 1.26 bits per heavy atom. The summed E-state index contributed by atoms with van der Waals surface area (Å²) in [6, 6.07) is -0.699. The van der Waals surface area contributed by atoms with Gasteiger partial charge in [0.2, 0.25) is 5.91 Å². The maximum absolute atomic E-state index is 13.2. The van der Waals surface area contributed by atoms with Gasteiger partial charge < -0.3 is 20.3 Å². The minimum atomic E-state index is -0.785. The monoisotopic (exact) mass is 806 g/mol. The Bertz CT molecular complexity index is 863. The maximum Gasteiger partial charge on any atom is 0.306 e. The molecule has 0 spiro atoms. The lowest BCUT2D eigenvalue weighted by Crippen LogP contribution is -2.46. The fraction of sp³-hybridized carbons (Fsp3) is 0.922. The number of hydrogen-bond acceptors (Lipinski definition) is 5. The highest BCUT2D eigenvalue weighted by Gasteiger charge is 2.24. The smallest absolute Gasteiger partial charge is 0.306 e. The van der Waals surface area contributed by atoms with Gasteiger partial charge in [0.1, 0.15) is 6.10 Å². The number of rotatable bonds is 46. The molecule has 0 aliphatic heterocycles. The predicted molar refractivity (Wildman–Crippen MR) is 246 cm³/mol. The summed E-state index contributed by atoms with van der Waals surface area (Å²) in [5.41, 5.74) is 0. The molecule has 57 heavy (non-hydrogen) atoms. The molecule has 338 valence electrons. The first-order valence-corrected chi connectivity index (χ1v) is 25.4. The molecule has 0 fully saturated rings. The molecular formula is C51H99NO5. The Morgan fingerprint density at radius 1 is 0.491 bits per heavy atom. The average molecular weight is 806 g/mol. The van der Waals surface area contributed by atoms with Crippen molar-refractivity contribution in [2.45, 2.75) is 296 Å². The number of unbranched alkanes of at least 4 members (excludes halogenated alkanes) is 32. The fourth-order valence-corrected chi connectivity index (χ4v) is 7.96. The van der Waals surface area contributed by atoms with Gasteiger partial charge in [0.25, 0.3) is 0 Å². The van der Waals surface area contributed by atoms with Gasteiger partial charge in [-0.25, -0.2) is 0 Å². The number of amides is 1. The molecule has 0 aromatic heterocycles. The van der Waals surface area contributed by atoms with Gasteiger partial charge in [-0.1, -0.05) is 226 Å². The van der Waals surface area contributed by atoms with Crippen LogP contribution in [0.1, 0.15) is 278 Å². The van der Waals surface area contributed by atoms with Crippen LogP contribution in [0.2, 0.25) is 0 Å². The van der Waals surface area contributed by atoms with E-state index >= 15 is 0 Å². The van der Waals surface area contributed by atoms with Crippen molar-refractivity contribution in [3.8, 4) is 0 Å². The summed E-state index contributed by atoms with van der Waals surface area (Å²) < 4.78 is 5.92. The number of carbonyl (C=O) groups excluding carboxylic acids is 2. The summed E-state index contributed by atoms with van der Waals surface area (Å²) >= 11 is 0. The molecule has 0 saturated carbocycles. The van der Waals surface area contributed by atoms with Crippen molar-refractivity contribution >= 4 is 11.9 Å². The number of esters is 1. The fourth-order valence-electron chi connectivity index (χ4n) is 7.96. The third-order valence-electron chi connectivity index (χ3n) is 11.8. The normalized spacial score (nSPS) is 13.3. The highest BCUT2D eigenvalue weighted by molar-refractivity contribution is 5.77. The first kappa shape index (κ1) is 55.6. The van der Waals surface area contributed by atoms with Gasteiger partial charge in [-0.15, -0.1) is 0 Å². The highest BCUT2D eigenvalue weighted by Crippen LogP contribution is 2.18. The van der Waals surface area contributed by atoms with Gasteiger partial charge in [0.05, 0.1) is 25.2 Å². The number of carbonyl (C=O) groups is 2. The highest BCUT2D eigenvalue weighted by atomic mass is 16.5. The number of hydrogen-bond donors (Lipinski definition) is 3. The molecule has 0 saturated heterocycles. The van der Waals surface area contributed by atoms with E-state index in [2.05, 4.69) is 38.2 Å². The zero-order chi connectivity index (χ0) is 41.7. The molecule has 3 atom stereocenters. The van der Waals surface area contributed by atoms with Crippen molar-refractivity contribution in [2.24, 2.45) is 0 Å². The third-order valence-corrected chi connectivity index (χ3v) is 11.8. The summed E-state index contributed by atoms with van der Waals surface area (Å²) in [7, 11) is 0. The third kappa shape index (κ3) is 41.1. The van der Waals surface area contributed by atoms with Crippen molar-refractivity contribution in [1.82, 2.24) is 5.32 Å². The molecule has 0 aromatic rings. The molecule has 3 N–H and O–H groups in total.